The van der Waals surface area contributed by atoms with E-state index < -0.39 is 0 Å². The summed E-state index contributed by atoms with van der Waals surface area (Å²) < 4.78 is 5.14. The fourth-order valence-corrected chi connectivity index (χ4v) is 10.7. The maximum atomic E-state index is 2.55. The van der Waals surface area contributed by atoms with Crippen LogP contribution in [0.25, 0.3) is 58.8 Å². The standard InChI is InChI=1S/C48H36N2S/c1-47(2)36-17-9-5-13-31(36)32-23-21-29(27-37(32)47)50-41-24-22-30(49-39-18-10-6-14-33(39)34-15-7-11-19-40(34)49)28-38(41)48(3,4)46-42(50)25-26-44-45(46)35-16-8-12-20-43(35)51-44/h5-28H,1-4H3. The maximum Gasteiger partial charge on any atom is 0.0541 e. The van der Waals surface area contributed by atoms with E-state index >= 15 is 0 Å². The van der Waals surface area contributed by atoms with Gasteiger partial charge >= 0.3 is 0 Å². The minimum absolute atomic E-state index is 0.0867. The molecule has 0 fully saturated rings. The zero-order valence-corrected chi connectivity index (χ0v) is 30.0. The molecule has 0 spiro atoms. The third-order valence-electron chi connectivity index (χ3n) is 11.9. The number of nitrogens with zero attached hydrogens (tertiary/aromatic N) is 2. The highest BCUT2D eigenvalue weighted by Crippen LogP contribution is 2.58. The second-order valence-corrected chi connectivity index (χ2v) is 16.4. The molecule has 0 saturated carbocycles. The van der Waals surface area contributed by atoms with Crippen molar-refractivity contribution in [3.63, 3.8) is 0 Å². The minimum Gasteiger partial charge on any atom is -0.310 e. The number of thiophene rings is 1. The van der Waals surface area contributed by atoms with Gasteiger partial charge in [0, 0.05) is 53.1 Å². The van der Waals surface area contributed by atoms with Gasteiger partial charge in [-0.2, -0.15) is 0 Å². The molecule has 1 aliphatic carbocycles. The van der Waals surface area contributed by atoms with Crippen LogP contribution < -0.4 is 4.90 Å². The lowest BCUT2D eigenvalue weighted by molar-refractivity contribution is 0.637. The second-order valence-electron chi connectivity index (χ2n) is 15.4. The van der Waals surface area contributed by atoms with E-state index in [1.165, 1.54) is 98.1 Å². The lowest BCUT2D eigenvalue weighted by Gasteiger charge is -2.43. The van der Waals surface area contributed by atoms with Crippen LogP contribution in [0.1, 0.15) is 49.9 Å². The Morgan fingerprint density at radius 2 is 1.06 bits per heavy atom. The summed E-state index contributed by atoms with van der Waals surface area (Å²) in [5.74, 6) is 0. The van der Waals surface area contributed by atoms with Crippen molar-refractivity contribution in [2.45, 2.75) is 38.5 Å². The number of para-hydroxylation sites is 2. The van der Waals surface area contributed by atoms with Crippen molar-refractivity contribution in [3.05, 3.63) is 168 Å². The zero-order chi connectivity index (χ0) is 34.2. The summed E-state index contributed by atoms with van der Waals surface area (Å²) in [6, 6.07) is 54.6. The number of hydrogen-bond acceptors (Lipinski definition) is 2. The molecule has 11 rings (SSSR count). The van der Waals surface area contributed by atoms with Crippen LogP contribution in [0.4, 0.5) is 17.1 Å². The molecule has 0 amide bonds. The monoisotopic (exact) mass is 672 g/mol. The number of hydrogen-bond donors (Lipinski definition) is 0. The molecule has 3 heteroatoms. The Hall–Kier alpha value is -5.64. The topological polar surface area (TPSA) is 8.17 Å². The molecule has 9 aromatic rings. The molecule has 0 radical (unpaired) electrons. The molecular formula is C48H36N2S. The first-order chi connectivity index (χ1) is 24.8. The summed E-state index contributed by atoms with van der Waals surface area (Å²) in [4.78, 5) is 2.55. The van der Waals surface area contributed by atoms with E-state index in [4.69, 9.17) is 0 Å². The number of fused-ring (bicyclic) bond motifs is 12. The van der Waals surface area contributed by atoms with Gasteiger partial charge < -0.3 is 9.47 Å². The highest BCUT2D eigenvalue weighted by molar-refractivity contribution is 7.25. The smallest absolute Gasteiger partial charge is 0.0541 e. The minimum atomic E-state index is -0.272. The molecular weight excluding hydrogens is 637 g/mol. The Bertz CT molecular complexity index is 2880. The quantitative estimate of drug-likeness (QED) is 0.177. The summed E-state index contributed by atoms with van der Waals surface area (Å²) >= 11 is 1.90. The molecule has 7 aromatic carbocycles. The maximum absolute atomic E-state index is 2.55. The van der Waals surface area contributed by atoms with Crippen molar-refractivity contribution < 1.29 is 0 Å². The second kappa shape index (κ2) is 9.99. The third kappa shape index (κ3) is 3.77. The largest absolute Gasteiger partial charge is 0.310 e. The molecule has 51 heavy (non-hydrogen) atoms. The Labute approximate surface area is 301 Å². The fourth-order valence-electron chi connectivity index (χ4n) is 9.56. The normalized spacial score (nSPS) is 15.3. The number of aromatic nitrogens is 1. The van der Waals surface area contributed by atoms with E-state index in [0.717, 1.165) is 0 Å². The molecule has 0 atom stereocenters. The van der Waals surface area contributed by atoms with Crippen molar-refractivity contribution >= 4 is 70.4 Å². The molecule has 0 unspecified atom stereocenters. The van der Waals surface area contributed by atoms with Crippen LogP contribution in [0, 0.1) is 0 Å². The molecule has 2 aliphatic rings. The van der Waals surface area contributed by atoms with Crippen LogP contribution >= 0.6 is 11.3 Å². The molecule has 0 N–H and O–H groups in total. The summed E-state index contributed by atoms with van der Waals surface area (Å²) in [5.41, 5.74) is 15.2. The zero-order valence-electron chi connectivity index (χ0n) is 29.2. The first-order valence-corrected chi connectivity index (χ1v) is 18.8. The van der Waals surface area contributed by atoms with Gasteiger partial charge in [-0.25, -0.2) is 0 Å². The number of rotatable bonds is 2. The average molecular weight is 673 g/mol. The van der Waals surface area contributed by atoms with Gasteiger partial charge in [-0.1, -0.05) is 113 Å². The van der Waals surface area contributed by atoms with Crippen LogP contribution in [0.15, 0.2) is 146 Å². The van der Waals surface area contributed by atoms with Gasteiger partial charge in [0.1, 0.15) is 0 Å². The fraction of sp³-hybridized carbons (Fsp3) is 0.125. The summed E-state index contributed by atoms with van der Waals surface area (Å²) in [7, 11) is 0. The SMILES string of the molecule is CC1(C)c2ccccc2-c2ccc(N3c4ccc(-n5c6ccccc6c6ccccc65)cc4C(C)(C)c4c3ccc3sc5ccccc5c43)cc21. The Morgan fingerprint density at radius 3 is 1.84 bits per heavy atom. The van der Waals surface area contributed by atoms with E-state index in [0.29, 0.717) is 0 Å². The number of benzene rings is 7. The van der Waals surface area contributed by atoms with Gasteiger partial charge in [0.15, 0.2) is 0 Å². The first kappa shape index (κ1) is 29.1. The van der Waals surface area contributed by atoms with E-state index in [2.05, 4.69) is 183 Å². The van der Waals surface area contributed by atoms with Gasteiger partial charge in [-0.05, 0) is 94.0 Å². The third-order valence-corrected chi connectivity index (χ3v) is 13.1. The summed E-state index contributed by atoms with van der Waals surface area (Å²) in [5, 5.41) is 5.29. The average Bonchev–Trinajstić information content (AvgIpc) is 3.77. The highest BCUT2D eigenvalue weighted by Gasteiger charge is 2.41. The lowest BCUT2D eigenvalue weighted by Crippen LogP contribution is -2.31. The predicted molar refractivity (Wildman–Crippen MR) is 218 cm³/mol. The van der Waals surface area contributed by atoms with Gasteiger partial charge in [0.25, 0.3) is 0 Å². The van der Waals surface area contributed by atoms with E-state index in [9.17, 15) is 0 Å². The van der Waals surface area contributed by atoms with Crippen LogP contribution in [0.3, 0.4) is 0 Å². The highest BCUT2D eigenvalue weighted by atomic mass is 32.1. The van der Waals surface area contributed by atoms with E-state index in [-0.39, 0.29) is 10.8 Å². The van der Waals surface area contributed by atoms with Crippen molar-refractivity contribution in [1.82, 2.24) is 4.57 Å². The number of anilines is 3. The lowest BCUT2D eigenvalue weighted by atomic mass is 9.71. The Balaban J connectivity index is 1.21. The van der Waals surface area contributed by atoms with Gasteiger partial charge in [0.2, 0.25) is 0 Å². The first-order valence-electron chi connectivity index (χ1n) is 17.9. The van der Waals surface area contributed by atoms with Crippen molar-refractivity contribution in [2.24, 2.45) is 0 Å². The van der Waals surface area contributed by atoms with E-state index in [1.807, 2.05) is 11.3 Å². The van der Waals surface area contributed by atoms with Crippen molar-refractivity contribution in [3.8, 4) is 16.8 Å². The molecule has 0 saturated heterocycles. The van der Waals surface area contributed by atoms with Gasteiger partial charge in [-0.3, -0.25) is 0 Å². The van der Waals surface area contributed by atoms with Crippen molar-refractivity contribution in [2.75, 3.05) is 4.90 Å². The summed E-state index contributed by atoms with van der Waals surface area (Å²) in [6.07, 6.45) is 0. The molecule has 2 aromatic heterocycles. The Morgan fingerprint density at radius 1 is 0.451 bits per heavy atom. The molecule has 2 nitrogen and oxygen atoms in total. The molecule has 1 aliphatic heterocycles. The molecule has 3 heterocycles. The van der Waals surface area contributed by atoms with Gasteiger partial charge in [-0.15, -0.1) is 11.3 Å². The van der Waals surface area contributed by atoms with Crippen molar-refractivity contribution in [1.29, 1.82) is 0 Å². The van der Waals surface area contributed by atoms with E-state index in [1.54, 1.807) is 0 Å². The van der Waals surface area contributed by atoms with Crippen LogP contribution in [-0.2, 0) is 10.8 Å². The summed E-state index contributed by atoms with van der Waals surface area (Å²) in [6.45, 7) is 9.63. The van der Waals surface area contributed by atoms with Crippen LogP contribution in [0.2, 0.25) is 0 Å². The van der Waals surface area contributed by atoms with Crippen LogP contribution in [-0.4, -0.2) is 4.57 Å². The Kier molecular flexibility index (Phi) is 5.71. The van der Waals surface area contributed by atoms with Gasteiger partial charge in [0.05, 0.1) is 22.4 Å². The molecule has 0 bridgehead atoms. The molecule has 244 valence electrons. The van der Waals surface area contributed by atoms with Crippen LogP contribution in [0.5, 0.6) is 0 Å². The predicted octanol–water partition coefficient (Wildman–Crippen LogP) is 13.6.